The molecule has 30 heavy (non-hydrogen) atoms. The lowest BCUT2D eigenvalue weighted by Crippen LogP contribution is -2.51. The number of carbonyl (C=O) groups excluding carboxylic acids is 2. The van der Waals surface area contributed by atoms with Gasteiger partial charge in [-0.3, -0.25) is 0 Å². The molecule has 2 unspecified atom stereocenters. The Labute approximate surface area is 190 Å². The van der Waals surface area contributed by atoms with E-state index in [1.165, 1.54) is 0 Å². The van der Waals surface area contributed by atoms with Crippen LogP contribution in [0.2, 0.25) is 10.7 Å². The van der Waals surface area contributed by atoms with Crippen LogP contribution in [0.15, 0.2) is 0 Å². The van der Waals surface area contributed by atoms with Gasteiger partial charge in [0, 0.05) is 62.4 Å². The third kappa shape index (κ3) is 8.15. The fourth-order valence-corrected chi connectivity index (χ4v) is 3.39. The number of nitrogens with zero attached hydrogens (tertiary/aromatic N) is 1. The fraction of sp³-hybridized carbons (Fsp3) is 0.867. The summed E-state index contributed by atoms with van der Waals surface area (Å²) in [6.07, 6.45) is 0.118. The van der Waals surface area contributed by atoms with E-state index in [0.717, 1.165) is 11.3 Å². The van der Waals surface area contributed by atoms with Gasteiger partial charge in [0.1, 0.15) is 5.60 Å². The maximum absolute atomic E-state index is 12.7. The molecule has 0 aromatic carbocycles. The summed E-state index contributed by atoms with van der Waals surface area (Å²) in [6.45, 7) is 10.9. The number of carbonyl (C=O) groups is 2. The summed E-state index contributed by atoms with van der Waals surface area (Å²) < 4.78 is 10.8. The van der Waals surface area contributed by atoms with Crippen LogP contribution >= 0.6 is 0 Å². The second-order valence-corrected chi connectivity index (χ2v) is 9.74. The molecule has 10 radical (unpaired) electrons. The Balaban J connectivity index is 1.87. The normalized spacial score (nSPS) is 22.8. The van der Waals surface area contributed by atoms with Gasteiger partial charge in [-0.05, 0) is 48.0 Å². The summed E-state index contributed by atoms with van der Waals surface area (Å²) in [4.78, 5) is 26.2. The van der Waals surface area contributed by atoms with Gasteiger partial charge in [0.05, 0.1) is 21.1 Å². The number of hydrogen-bond acceptors (Lipinski definition) is 4. The first-order valence-electron chi connectivity index (χ1n) is 10.5. The standard InChI is InChI=1S/C15H25B10NO4/c1-13(2,3)26(12(28)30-14(4,5)6)11(27)29-9-7-8-15-16-10(17-19-15)18-21-23-25-24-22-20-15/h10H,7-9H2,1-6H3. The summed E-state index contributed by atoms with van der Waals surface area (Å²) in [6, 6.07) is 0. The van der Waals surface area contributed by atoms with E-state index in [-0.39, 0.29) is 11.7 Å². The number of ether oxygens (including phenoxy) is 2. The summed E-state index contributed by atoms with van der Waals surface area (Å²) in [5.74, 6) is 0. The van der Waals surface area contributed by atoms with E-state index in [9.17, 15) is 9.59 Å². The second-order valence-electron chi connectivity index (χ2n) is 9.74. The van der Waals surface area contributed by atoms with Gasteiger partial charge in [-0.15, -0.1) is 10.7 Å². The van der Waals surface area contributed by atoms with Crippen LogP contribution in [0.25, 0.3) is 0 Å². The molecule has 144 valence electrons. The summed E-state index contributed by atoms with van der Waals surface area (Å²) in [5, 5.41) is -0.155. The third-order valence-corrected chi connectivity index (χ3v) is 4.72. The lowest BCUT2D eigenvalue weighted by Gasteiger charge is -2.34. The molecule has 0 saturated carbocycles. The smallest absolute Gasteiger partial charge is 0.420 e. The van der Waals surface area contributed by atoms with Crippen molar-refractivity contribution in [2.75, 3.05) is 6.61 Å². The molecule has 2 atom stereocenters. The van der Waals surface area contributed by atoms with Crippen molar-refractivity contribution in [3.8, 4) is 0 Å². The summed E-state index contributed by atoms with van der Waals surface area (Å²) >= 11 is 0. The molecule has 2 fully saturated rings. The number of imide groups is 1. The van der Waals surface area contributed by atoms with E-state index in [4.69, 9.17) is 9.47 Å². The molecule has 0 aromatic rings. The summed E-state index contributed by atoms with van der Waals surface area (Å²) in [5.41, 5.74) is -1.14. The lowest BCUT2D eigenvalue weighted by atomic mass is 8.89. The van der Waals surface area contributed by atoms with Crippen LogP contribution in [-0.4, -0.2) is 106 Å². The molecule has 2 aliphatic heterocycles. The van der Waals surface area contributed by atoms with Crippen molar-refractivity contribution in [3.05, 3.63) is 0 Å². The molecule has 0 aliphatic carbocycles. The zero-order chi connectivity index (χ0) is 22.4. The van der Waals surface area contributed by atoms with Gasteiger partial charge in [-0.1, -0.05) is 6.42 Å². The predicted octanol–water partition coefficient (Wildman–Crippen LogP) is 0.190. The fourth-order valence-electron chi connectivity index (χ4n) is 3.39. The topological polar surface area (TPSA) is 55.8 Å². The Kier molecular flexibility index (Phi) is 9.24. The maximum atomic E-state index is 12.7. The van der Waals surface area contributed by atoms with Crippen molar-refractivity contribution >= 4 is 83.5 Å². The average molecular weight is 391 g/mol. The molecule has 15 heteroatoms. The highest BCUT2D eigenvalue weighted by molar-refractivity contribution is 7.64. The van der Waals surface area contributed by atoms with Crippen molar-refractivity contribution in [1.82, 2.24) is 4.90 Å². The predicted molar refractivity (Wildman–Crippen MR) is 132 cm³/mol. The van der Waals surface area contributed by atoms with Crippen LogP contribution in [-0.2, 0) is 9.47 Å². The maximum Gasteiger partial charge on any atom is 0.420 e. The van der Waals surface area contributed by atoms with Gasteiger partial charge < -0.3 is 9.47 Å². The molecule has 2 rings (SSSR count). The van der Waals surface area contributed by atoms with Crippen LogP contribution in [0.1, 0.15) is 54.4 Å². The van der Waals surface area contributed by atoms with E-state index in [2.05, 4.69) is 50.1 Å². The van der Waals surface area contributed by atoms with Gasteiger partial charge in [0.2, 0.25) is 0 Å². The van der Waals surface area contributed by atoms with E-state index in [1.54, 1.807) is 41.5 Å². The average Bonchev–Trinajstić information content (AvgIpc) is 2.97. The van der Waals surface area contributed by atoms with Crippen LogP contribution in [0, 0.1) is 0 Å². The third-order valence-electron chi connectivity index (χ3n) is 4.72. The SMILES string of the molecule is CC(C)(C)OC(=O)N(C(=O)OCCCC12[B][B][B][B][B][B][B]C([B][B]1)[B]2)C(C)(C)C. The minimum absolute atomic E-state index is 0.155. The van der Waals surface area contributed by atoms with Crippen molar-refractivity contribution in [2.24, 2.45) is 0 Å². The van der Waals surface area contributed by atoms with Crippen LogP contribution < -0.4 is 0 Å². The molecule has 2 bridgehead atoms. The van der Waals surface area contributed by atoms with Gasteiger partial charge in [0.25, 0.3) is 0 Å². The Hall–Kier alpha value is -0.611. The van der Waals surface area contributed by atoms with Gasteiger partial charge >= 0.3 is 12.2 Å². The number of rotatable bonds is 4. The Morgan fingerprint density at radius 1 is 0.900 bits per heavy atom. The number of hydrogen-bond donors (Lipinski definition) is 0. The zero-order valence-corrected chi connectivity index (χ0v) is 19.1. The molecule has 2 amide bonds. The zero-order valence-electron chi connectivity index (χ0n) is 19.1. The molecule has 2 heterocycles. The summed E-state index contributed by atoms with van der Waals surface area (Å²) in [7, 11) is 21.2. The highest BCUT2D eigenvalue weighted by Gasteiger charge is 2.40. The molecule has 2 saturated heterocycles. The first kappa shape index (κ1) is 25.6. The van der Waals surface area contributed by atoms with Crippen molar-refractivity contribution in [1.29, 1.82) is 0 Å². The minimum atomic E-state index is -0.748. The van der Waals surface area contributed by atoms with E-state index in [0.29, 0.717) is 12.0 Å². The highest BCUT2D eigenvalue weighted by Crippen LogP contribution is 2.36. The van der Waals surface area contributed by atoms with Crippen LogP contribution in [0.4, 0.5) is 9.59 Å². The van der Waals surface area contributed by atoms with E-state index >= 15 is 0 Å². The van der Waals surface area contributed by atoms with Crippen LogP contribution in [0.5, 0.6) is 0 Å². The molecule has 0 N–H and O–H groups in total. The Morgan fingerprint density at radius 3 is 2.23 bits per heavy atom. The number of fused-ring (bicyclic) bond motifs is 2. The van der Waals surface area contributed by atoms with Crippen molar-refractivity contribution in [3.63, 3.8) is 0 Å². The molecular weight excluding hydrogens is 366 g/mol. The molecule has 2 aliphatic rings. The molecule has 5 nitrogen and oxygen atoms in total. The van der Waals surface area contributed by atoms with Crippen LogP contribution in [0.3, 0.4) is 0 Å². The largest absolute Gasteiger partial charge is 0.449 e. The Morgan fingerprint density at radius 2 is 1.57 bits per heavy atom. The van der Waals surface area contributed by atoms with E-state index in [1.807, 2.05) is 21.2 Å². The lowest BCUT2D eigenvalue weighted by molar-refractivity contribution is 0.00424. The monoisotopic (exact) mass is 393 g/mol. The molecular formula is C15H25B10NO4. The quantitative estimate of drug-likeness (QED) is 0.507. The molecule has 0 spiro atoms. The second kappa shape index (κ2) is 10.8. The minimum Gasteiger partial charge on any atom is -0.449 e. The van der Waals surface area contributed by atoms with Crippen molar-refractivity contribution in [2.45, 2.75) is 76.3 Å². The van der Waals surface area contributed by atoms with Gasteiger partial charge in [-0.2, -0.15) is 0 Å². The van der Waals surface area contributed by atoms with Gasteiger partial charge in [0.15, 0.2) is 0 Å². The first-order chi connectivity index (χ1) is 13.9. The number of amides is 2. The highest BCUT2D eigenvalue weighted by atomic mass is 16.6. The van der Waals surface area contributed by atoms with Crippen molar-refractivity contribution < 1.29 is 19.1 Å². The molecule has 0 aromatic heterocycles. The van der Waals surface area contributed by atoms with E-state index < -0.39 is 23.3 Å². The first-order valence-corrected chi connectivity index (χ1v) is 10.5. The Bertz CT molecular complexity index is 599. The van der Waals surface area contributed by atoms with Gasteiger partial charge in [-0.25, -0.2) is 14.5 Å².